The highest BCUT2D eigenvalue weighted by molar-refractivity contribution is 6.05. The summed E-state index contributed by atoms with van der Waals surface area (Å²) in [6.45, 7) is 11.6. The first-order valence-corrected chi connectivity index (χ1v) is 14.8. The highest BCUT2D eigenvalue weighted by Crippen LogP contribution is 2.31. The van der Waals surface area contributed by atoms with E-state index >= 15 is 0 Å². The molecule has 0 radical (unpaired) electrons. The maximum Gasteiger partial charge on any atom is 0.257 e. The Hall–Kier alpha value is -4.46. The number of likely N-dealkylation sites (tertiary alicyclic amines) is 1. The molecule has 0 bridgehead atoms. The minimum absolute atomic E-state index is 0.00718. The number of nitrogens with zero attached hydrogens (tertiary/aromatic N) is 4. The van der Waals surface area contributed by atoms with Gasteiger partial charge < -0.3 is 15.5 Å². The van der Waals surface area contributed by atoms with Gasteiger partial charge in [0.15, 0.2) is 0 Å². The molecule has 1 aliphatic rings. The van der Waals surface area contributed by atoms with Crippen molar-refractivity contribution >= 4 is 23.3 Å². The van der Waals surface area contributed by atoms with E-state index in [1.165, 1.54) is 5.56 Å². The first kappa shape index (κ1) is 29.0. The number of carbonyl (C=O) groups is 2. The molecular formula is C34H40N6O2. The maximum absolute atomic E-state index is 13.4. The van der Waals surface area contributed by atoms with Crippen LogP contribution >= 0.6 is 0 Å². The molecule has 0 atom stereocenters. The molecular weight excluding hydrogens is 524 g/mol. The summed E-state index contributed by atoms with van der Waals surface area (Å²) in [6.07, 6.45) is 7.40. The topological polar surface area (TPSA) is 92.2 Å². The quantitative estimate of drug-likeness (QED) is 0.242. The SMILES string of the molecule is Cc1ccc(C(=O)N2CCC(c3ccc(-c4cnn(C(C)C)c4)cc3)CC2)cc1NC(=O)c1ccc(NC(C)C)nc1. The summed E-state index contributed by atoms with van der Waals surface area (Å²) in [5, 5.41) is 10.6. The van der Waals surface area contributed by atoms with Crippen molar-refractivity contribution in [3.8, 4) is 11.1 Å². The average Bonchev–Trinajstić information content (AvgIpc) is 3.49. The van der Waals surface area contributed by atoms with Crippen molar-refractivity contribution in [2.75, 3.05) is 23.7 Å². The number of anilines is 2. The summed E-state index contributed by atoms with van der Waals surface area (Å²) >= 11 is 0. The summed E-state index contributed by atoms with van der Waals surface area (Å²) in [5.74, 6) is 0.880. The standard InChI is InChI=1S/C34H40N6O2/c1-22(2)37-32-13-12-29(19-35-32)33(41)38-31-18-28(7-6-24(31)5)34(42)39-16-14-27(15-17-39)25-8-10-26(11-9-25)30-20-36-40(21-30)23(3)4/h6-13,18-23,27H,14-17H2,1-5H3,(H,35,37)(H,38,41). The van der Waals surface area contributed by atoms with Gasteiger partial charge in [-0.3, -0.25) is 14.3 Å². The van der Waals surface area contributed by atoms with Crippen molar-refractivity contribution in [3.63, 3.8) is 0 Å². The number of amides is 2. The van der Waals surface area contributed by atoms with Crippen LogP contribution in [0.4, 0.5) is 11.5 Å². The highest BCUT2D eigenvalue weighted by Gasteiger charge is 2.25. The minimum atomic E-state index is -0.258. The number of rotatable bonds is 8. The molecule has 1 saturated heterocycles. The van der Waals surface area contributed by atoms with E-state index in [2.05, 4.69) is 65.0 Å². The molecule has 0 spiro atoms. The second-order valence-electron chi connectivity index (χ2n) is 11.7. The van der Waals surface area contributed by atoms with Crippen LogP contribution in [0.25, 0.3) is 11.1 Å². The molecule has 8 heteroatoms. The Morgan fingerprint density at radius 1 is 0.881 bits per heavy atom. The molecule has 4 aromatic rings. The number of pyridine rings is 1. The predicted octanol–water partition coefficient (Wildman–Crippen LogP) is 6.93. The van der Waals surface area contributed by atoms with Gasteiger partial charge in [-0.25, -0.2) is 4.98 Å². The van der Waals surface area contributed by atoms with Crippen LogP contribution in [0.3, 0.4) is 0 Å². The van der Waals surface area contributed by atoms with Crippen LogP contribution in [-0.2, 0) is 0 Å². The molecule has 1 aliphatic heterocycles. The largest absolute Gasteiger partial charge is 0.368 e. The second kappa shape index (κ2) is 12.6. The predicted molar refractivity (Wildman–Crippen MR) is 168 cm³/mol. The molecule has 2 amide bonds. The molecule has 1 fully saturated rings. The van der Waals surface area contributed by atoms with Gasteiger partial charge in [0, 0.05) is 54.4 Å². The molecule has 5 rings (SSSR count). The van der Waals surface area contributed by atoms with E-state index in [0.717, 1.165) is 35.3 Å². The molecule has 0 aliphatic carbocycles. The molecule has 8 nitrogen and oxygen atoms in total. The van der Waals surface area contributed by atoms with Crippen LogP contribution in [0.1, 0.15) is 84.3 Å². The van der Waals surface area contributed by atoms with Crippen molar-refractivity contribution in [2.24, 2.45) is 0 Å². The summed E-state index contributed by atoms with van der Waals surface area (Å²) in [5.41, 5.74) is 6.16. The van der Waals surface area contributed by atoms with Crippen LogP contribution < -0.4 is 10.6 Å². The average molecular weight is 565 g/mol. The number of hydrogen-bond donors (Lipinski definition) is 2. The van der Waals surface area contributed by atoms with Gasteiger partial charge >= 0.3 is 0 Å². The number of hydrogen-bond acceptors (Lipinski definition) is 5. The number of aryl methyl sites for hydroxylation is 1. The molecule has 2 aromatic heterocycles. The zero-order valence-electron chi connectivity index (χ0n) is 25.1. The van der Waals surface area contributed by atoms with Crippen LogP contribution in [0, 0.1) is 6.92 Å². The highest BCUT2D eigenvalue weighted by atomic mass is 16.2. The summed E-state index contributed by atoms with van der Waals surface area (Å²) in [7, 11) is 0. The van der Waals surface area contributed by atoms with Crippen molar-refractivity contribution in [2.45, 2.75) is 65.5 Å². The van der Waals surface area contributed by atoms with Crippen LogP contribution in [0.15, 0.2) is 73.2 Å². The fourth-order valence-electron chi connectivity index (χ4n) is 5.31. The van der Waals surface area contributed by atoms with Gasteiger partial charge in [-0.1, -0.05) is 30.3 Å². The third kappa shape index (κ3) is 6.70. The second-order valence-corrected chi connectivity index (χ2v) is 11.7. The van der Waals surface area contributed by atoms with Gasteiger partial charge in [-0.05, 0) is 94.3 Å². The smallest absolute Gasteiger partial charge is 0.257 e. The lowest BCUT2D eigenvalue weighted by Gasteiger charge is -2.32. The van der Waals surface area contributed by atoms with Gasteiger partial charge in [-0.15, -0.1) is 0 Å². The summed E-state index contributed by atoms with van der Waals surface area (Å²) in [6, 6.07) is 18.4. The Kier molecular flexibility index (Phi) is 8.71. The number of carbonyl (C=O) groups excluding carboxylic acids is 2. The number of nitrogens with one attached hydrogen (secondary N) is 2. The van der Waals surface area contributed by atoms with E-state index in [1.807, 2.05) is 48.7 Å². The Morgan fingerprint density at radius 2 is 1.60 bits per heavy atom. The molecule has 2 N–H and O–H groups in total. The Morgan fingerprint density at radius 3 is 2.21 bits per heavy atom. The van der Waals surface area contributed by atoms with Crippen molar-refractivity contribution < 1.29 is 9.59 Å². The van der Waals surface area contributed by atoms with E-state index in [1.54, 1.807) is 24.4 Å². The van der Waals surface area contributed by atoms with Gasteiger partial charge in [0.25, 0.3) is 11.8 Å². The maximum atomic E-state index is 13.4. The van der Waals surface area contributed by atoms with E-state index in [4.69, 9.17) is 0 Å². The van der Waals surface area contributed by atoms with Crippen LogP contribution in [-0.4, -0.2) is 50.6 Å². The minimum Gasteiger partial charge on any atom is -0.368 e. The molecule has 2 aromatic carbocycles. The fraction of sp³-hybridized carbons (Fsp3) is 0.353. The first-order valence-electron chi connectivity index (χ1n) is 14.8. The lowest BCUT2D eigenvalue weighted by atomic mass is 9.88. The first-order chi connectivity index (χ1) is 20.2. The molecule has 0 saturated carbocycles. The van der Waals surface area contributed by atoms with Crippen LogP contribution in [0.2, 0.25) is 0 Å². The number of benzene rings is 2. The van der Waals surface area contributed by atoms with E-state index < -0.39 is 0 Å². The Balaban J connectivity index is 1.19. The number of aromatic nitrogens is 3. The van der Waals surface area contributed by atoms with Gasteiger partial charge in [0.2, 0.25) is 0 Å². The zero-order valence-corrected chi connectivity index (χ0v) is 25.1. The normalized spacial score (nSPS) is 13.9. The zero-order chi connectivity index (χ0) is 29.8. The third-order valence-electron chi connectivity index (χ3n) is 7.82. The van der Waals surface area contributed by atoms with Crippen LogP contribution in [0.5, 0.6) is 0 Å². The van der Waals surface area contributed by atoms with Gasteiger partial charge in [0.1, 0.15) is 5.82 Å². The monoisotopic (exact) mass is 564 g/mol. The summed E-state index contributed by atoms with van der Waals surface area (Å²) in [4.78, 5) is 32.6. The molecule has 218 valence electrons. The lowest BCUT2D eigenvalue weighted by Crippen LogP contribution is -2.38. The van der Waals surface area contributed by atoms with Crippen molar-refractivity contribution in [1.29, 1.82) is 0 Å². The van der Waals surface area contributed by atoms with E-state index in [0.29, 0.717) is 41.9 Å². The van der Waals surface area contributed by atoms with Crippen molar-refractivity contribution in [3.05, 3.63) is 95.4 Å². The van der Waals surface area contributed by atoms with Gasteiger partial charge in [-0.2, -0.15) is 5.10 Å². The molecule has 42 heavy (non-hydrogen) atoms. The van der Waals surface area contributed by atoms with Crippen molar-refractivity contribution in [1.82, 2.24) is 19.7 Å². The fourth-order valence-corrected chi connectivity index (χ4v) is 5.31. The summed E-state index contributed by atoms with van der Waals surface area (Å²) < 4.78 is 1.97. The van der Waals surface area contributed by atoms with E-state index in [-0.39, 0.29) is 17.9 Å². The Bertz CT molecular complexity index is 1530. The third-order valence-corrected chi connectivity index (χ3v) is 7.82. The van der Waals surface area contributed by atoms with E-state index in [9.17, 15) is 9.59 Å². The Labute approximate surface area is 248 Å². The number of piperidine rings is 1. The molecule has 0 unspecified atom stereocenters. The van der Waals surface area contributed by atoms with Gasteiger partial charge in [0.05, 0.1) is 11.8 Å². The lowest BCUT2D eigenvalue weighted by molar-refractivity contribution is 0.0712. The molecule has 3 heterocycles.